The first-order chi connectivity index (χ1) is 9.93. The van der Waals surface area contributed by atoms with Gasteiger partial charge in [0.05, 0.1) is 11.7 Å². The second kappa shape index (κ2) is 6.06. The number of anilines is 1. The number of rotatable bonds is 6. The first kappa shape index (κ1) is 15.8. The summed E-state index contributed by atoms with van der Waals surface area (Å²) in [4.78, 5) is 11.2. The summed E-state index contributed by atoms with van der Waals surface area (Å²) >= 11 is 0. The van der Waals surface area contributed by atoms with E-state index >= 15 is 0 Å². The van der Waals surface area contributed by atoms with Crippen LogP contribution in [0.3, 0.4) is 0 Å². The number of carboxylic acids is 1. The van der Waals surface area contributed by atoms with Crippen LogP contribution in [-0.2, 0) is 4.74 Å². The second-order valence-corrected chi connectivity index (χ2v) is 6.02. The highest BCUT2D eigenvalue weighted by Gasteiger charge is 2.51. The Hall–Kier alpha value is -1.55. The smallest absolute Gasteiger partial charge is 0.336 e. The molecule has 116 valence electrons. The van der Waals surface area contributed by atoms with E-state index in [2.05, 4.69) is 19.2 Å². The van der Waals surface area contributed by atoms with E-state index in [1.165, 1.54) is 0 Å². The SMILES string of the molecule is CCOC1CC(Nc2cccc(C(=O)O)c2C)C1(C)CC. The minimum Gasteiger partial charge on any atom is -0.478 e. The van der Waals surface area contributed by atoms with Gasteiger partial charge in [0.2, 0.25) is 0 Å². The highest BCUT2D eigenvalue weighted by atomic mass is 16.5. The molecule has 0 spiro atoms. The molecule has 0 aromatic heterocycles. The Kier molecular flexibility index (Phi) is 4.57. The lowest BCUT2D eigenvalue weighted by Crippen LogP contribution is -2.59. The van der Waals surface area contributed by atoms with Crippen molar-refractivity contribution >= 4 is 11.7 Å². The molecule has 0 saturated heterocycles. The number of nitrogens with one attached hydrogen (secondary N) is 1. The van der Waals surface area contributed by atoms with Gasteiger partial charge in [-0.2, -0.15) is 0 Å². The Morgan fingerprint density at radius 1 is 1.48 bits per heavy atom. The Labute approximate surface area is 126 Å². The molecule has 1 aliphatic rings. The first-order valence-electron chi connectivity index (χ1n) is 7.65. The van der Waals surface area contributed by atoms with Crippen molar-refractivity contribution in [1.82, 2.24) is 0 Å². The van der Waals surface area contributed by atoms with Crippen LogP contribution in [0.1, 0.15) is 49.5 Å². The largest absolute Gasteiger partial charge is 0.478 e. The summed E-state index contributed by atoms with van der Waals surface area (Å²) in [6, 6.07) is 5.71. The van der Waals surface area contributed by atoms with E-state index in [0.717, 1.165) is 30.7 Å². The molecule has 1 aliphatic carbocycles. The normalized spacial score (nSPS) is 28.0. The van der Waals surface area contributed by atoms with Gasteiger partial charge < -0.3 is 15.2 Å². The number of ether oxygens (including phenoxy) is 1. The van der Waals surface area contributed by atoms with Gasteiger partial charge in [-0.25, -0.2) is 4.79 Å². The van der Waals surface area contributed by atoms with E-state index in [9.17, 15) is 9.90 Å². The summed E-state index contributed by atoms with van der Waals surface area (Å²) in [5.41, 5.74) is 2.17. The van der Waals surface area contributed by atoms with Crippen molar-refractivity contribution < 1.29 is 14.6 Å². The average molecular weight is 291 g/mol. The maximum atomic E-state index is 11.2. The quantitative estimate of drug-likeness (QED) is 0.839. The van der Waals surface area contributed by atoms with Crippen LogP contribution < -0.4 is 5.32 Å². The monoisotopic (exact) mass is 291 g/mol. The molecular weight excluding hydrogens is 266 g/mol. The topological polar surface area (TPSA) is 58.6 Å². The molecule has 4 nitrogen and oxygen atoms in total. The molecule has 1 aromatic carbocycles. The lowest BCUT2D eigenvalue weighted by atomic mass is 9.61. The standard InChI is InChI=1S/C17H25NO3/c1-5-17(4)14(10-15(17)21-6-2)18-13-9-7-8-12(11(13)3)16(19)20/h7-9,14-15,18H,5-6,10H2,1-4H3,(H,19,20). The van der Waals surface area contributed by atoms with Gasteiger partial charge in [-0.1, -0.05) is 19.9 Å². The van der Waals surface area contributed by atoms with Crippen LogP contribution in [0.4, 0.5) is 5.69 Å². The summed E-state index contributed by atoms with van der Waals surface area (Å²) < 4.78 is 5.81. The van der Waals surface area contributed by atoms with E-state index in [1.54, 1.807) is 12.1 Å². The number of hydrogen-bond donors (Lipinski definition) is 2. The molecule has 0 amide bonds. The molecule has 1 aromatic rings. The van der Waals surface area contributed by atoms with Crippen LogP contribution in [0.5, 0.6) is 0 Å². The Bertz CT molecular complexity index is 529. The Morgan fingerprint density at radius 3 is 2.76 bits per heavy atom. The lowest BCUT2D eigenvalue weighted by Gasteiger charge is -2.54. The summed E-state index contributed by atoms with van der Waals surface area (Å²) in [5, 5.41) is 12.7. The molecule has 1 saturated carbocycles. The zero-order valence-electron chi connectivity index (χ0n) is 13.3. The van der Waals surface area contributed by atoms with Crippen LogP contribution >= 0.6 is 0 Å². The summed E-state index contributed by atoms with van der Waals surface area (Å²) in [6.45, 7) is 9.04. The van der Waals surface area contributed by atoms with Crippen molar-refractivity contribution in [2.45, 2.75) is 52.7 Å². The average Bonchev–Trinajstić information content (AvgIpc) is 2.46. The van der Waals surface area contributed by atoms with Gasteiger partial charge in [0.15, 0.2) is 0 Å². The minimum absolute atomic E-state index is 0.0989. The third-order valence-corrected chi connectivity index (χ3v) is 5.00. The molecule has 3 atom stereocenters. The number of benzene rings is 1. The number of aromatic carboxylic acids is 1. The first-order valence-corrected chi connectivity index (χ1v) is 7.65. The predicted octanol–water partition coefficient (Wildman–Crippen LogP) is 3.70. The molecule has 21 heavy (non-hydrogen) atoms. The van der Waals surface area contributed by atoms with E-state index in [4.69, 9.17) is 4.74 Å². The Balaban J connectivity index is 2.16. The zero-order valence-corrected chi connectivity index (χ0v) is 13.3. The second-order valence-electron chi connectivity index (χ2n) is 6.02. The van der Waals surface area contributed by atoms with Gasteiger partial charge in [-0.3, -0.25) is 0 Å². The van der Waals surface area contributed by atoms with Crippen molar-refractivity contribution in [1.29, 1.82) is 0 Å². The fraction of sp³-hybridized carbons (Fsp3) is 0.588. The van der Waals surface area contributed by atoms with E-state index < -0.39 is 5.97 Å². The highest BCUT2D eigenvalue weighted by molar-refractivity contribution is 5.91. The third-order valence-electron chi connectivity index (χ3n) is 5.00. The van der Waals surface area contributed by atoms with Crippen molar-refractivity contribution in [3.63, 3.8) is 0 Å². The van der Waals surface area contributed by atoms with Crippen molar-refractivity contribution in [3.8, 4) is 0 Å². The molecule has 1 fully saturated rings. The van der Waals surface area contributed by atoms with Crippen LogP contribution in [0.15, 0.2) is 18.2 Å². The molecule has 2 N–H and O–H groups in total. The maximum Gasteiger partial charge on any atom is 0.336 e. The molecule has 3 unspecified atom stereocenters. The van der Waals surface area contributed by atoms with Gasteiger partial charge in [0.1, 0.15) is 0 Å². The van der Waals surface area contributed by atoms with E-state index in [1.807, 2.05) is 19.9 Å². The molecule has 4 heteroatoms. The molecule has 0 bridgehead atoms. The lowest BCUT2D eigenvalue weighted by molar-refractivity contribution is -0.109. The molecule has 0 aliphatic heterocycles. The molecule has 2 rings (SSSR count). The van der Waals surface area contributed by atoms with Crippen molar-refractivity contribution in [3.05, 3.63) is 29.3 Å². The third kappa shape index (κ3) is 2.77. The number of carbonyl (C=O) groups is 1. The van der Waals surface area contributed by atoms with Gasteiger partial charge in [-0.15, -0.1) is 0 Å². The van der Waals surface area contributed by atoms with Crippen LogP contribution in [0.25, 0.3) is 0 Å². The van der Waals surface area contributed by atoms with E-state index in [-0.39, 0.29) is 11.5 Å². The fourth-order valence-corrected chi connectivity index (χ4v) is 3.19. The summed E-state index contributed by atoms with van der Waals surface area (Å²) in [6.07, 6.45) is 2.29. The number of carboxylic acid groups (broad SMARTS) is 1. The van der Waals surface area contributed by atoms with Gasteiger partial charge in [-0.05, 0) is 44.4 Å². The Morgan fingerprint density at radius 2 is 2.19 bits per heavy atom. The van der Waals surface area contributed by atoms with Crippen molar-refractivity contribution in [2.75, 3.05) is 11.9 Å². The summed E-state index contributed by atoms with van der Waals surface area (Å²) in [7, 11) is 0. The molecular formula is C17H25NO3. The van der Waals surface area contributed by atoms with Crippen molar-refractivity contribution in [2.24, 2.45) is 5.41 Å². The molecule has 0 heterocycles. The number of hydrogen-bond acceptors (Lipinski definition) is 3. The van der Waals surface area contributed by atoms with E-state index in [0.29, 0.717) is 11.6 Å². The van der Waals surface area contributed by atoms with Gasteiger partial charge >= 0.3 is 5.97 Å². The fourth-order valence-electron chi connectivity index (χ4n) is 3.19. The van der Waals surface area contributed by atoms with Gasteiger partial charge in [0, 0.05) is 23.8 Å². The maximum absolute atomic E-state index is 11.2. The van der Waals surface area contributed by atoms with Crippen LogP contribution in [-0.4, -0.2) is 29.8 Å². The van der Waals surface area contributed by atoms with Gasteiger partial charge in [0.25, 0.3) is 0 Å². The zero-order chi connectivity index (χ0) is 15.6. The molecule has 0 radical (unpaired) electrons. The predicted molar refractivity (Wildman–Crippen MR) is 84.0 cm³/mol. The van der Waals surface area contributed by atoms with Crippen LogP contribution in [0.2, 0.25) is 0 Å². The summed E-state index contributed by atoms with van der Waals surface area (Å²) in [5.74, 6) is -0.879. The van der Waals surface area contributed by atoms with Crippen LogP contribution in [0, 0.1) is 12.3 Å². The highest BCUT2D eigenvalue weighted by Crippen LogP contribution is 2.47. The minimum atomic E-state index is -0.879.